The Kier molecular flexibility index (Phi) is 10.1. The average Bonchev–Trinajstić information content (AvgIpc) is 2.95. The lowest BCUT2D eigenvalue weighted by Crippen LogP contribution is -2.23. The molecule has 0 aromatic heterocycles. The van der Waals surface area contributed by atoms with E-state index in [4.69, 9.17) is 9.47 Å². The molecule has 1 fully saturated rings. The van der Waals surface area contributed by atoms with Crippen LogP contribution in [0.15, 0.2) is 67.3 Å². The summed E-state index contributed by atoms with van der Waals surface area (Å²) < 4.78 is 55.8. The Balaban J connectivity index is 1.39. The average molecular weight is 523 g/mol. The minimum atomic E-state index is -0.971. The van der Waals surface area contributed by atoms with E-state index in [-0.39, 0.29) is 29.2 Å². The monoisotopic (exact) mass is 522 g/mol. The Labute approximate surface area is 224 Å². The van der Waals surface area contributed by atoms with Gasteiger partial charge in [0.15, 0.2) is 11.6 Å². The number of rotatable bonds is 12. The van der Waals surface area contributed by atoms with Crippen molar-refractivity contribution >= 4 is 0 Å². The maximum absolute atomic E-state index is 15.0. The number of ether oxygens (including phenoxy) is 2. The highest BCUT2D eigenvalue weighted by molar-refractivity contribution is 5.71. The van der Waals surface area contributed by atoms with Crippen LogP contribution in [-0.2, 0) is 4.74 Å². The van der Waals surface area contributed by atoms with E-state index < -0.39 is 11.6 Å². The molecule has 0 aliphatic carbocycles. The van der Waals surface area contributed by atoms with E-state index in [1.54, 1.807) is 36.4 Å². The summed E-state index contributed by atoms with van der Waals surface area (Å²) in [5.74, 6) is -2.20. The van der Waals surface area contributed by atoms with E-state index in [2.05, 4.69) is 13.5 Å². The number of halogens is 3. The van der Waals surface area contributed by atoms with Gasteiger partial charge in [0.25, 0.3) is 0 Å². The highest BCUT2D eigenvalue weighted by atomic mass is 19.2. The zero-order chi connectivity index (χ0) is 26.9. The summed E-state index contributed by atoms with van der Waals surface area (Å²) in [6, 6.07) is 15.3. The van der Waals surface area contributed by atoms with Crippen LogP contribution in [0.25, 0.3) is 22.3 Å². The molecule has 1 heterocycles. The van der Waals surface area contributed by atoms with Crippen molar-refractivity contribution in [1.82, 2.24) is 0 Å². The molecule has 0 saturated carbocycles. The second kappa shape index (κ2) is 13.7. The number of hydrogen-bond acceptors (Lipinski definition) is 2. The Morgan fingerprint density at radius 1 is 0.842 bits per heavy atom. The van der Waals surface area contributed by atoms with Crippen LogP contribution in [0, 0.1) is 17.5 Å². The van der Waals surface area contributed by atoms with Gasteiger partial charge in [0.1, 0.15) is 5.82 Å². The van der Waals surface area contributed by atoms with Crippen molar-refractivity contribution in [2.45, 2.75) is 70.3 Å². The van der Waals surface area contributed by atoms with E-state index in [9.17, 15) is 13.2 Å². The Bertz CT molecular complexity index is 1200. The molecule has 202 valence electrons. The first-order chi connectivity index (χ1) is 18.5. The van der Waals surface area contributed by atoms with Gasteiger partial charge < -0.3 is 9.47 Å². The fraction of sp³-hybridized carbons (Fsp3) is 0.394. The van der Waals surface area contributed by atoms with Gasteiger partial charge in [-0.1, -0.05) is 81.5 Å². The van der Waals surface area contributed by atoms with E-state index in [1.165, 1.54) is 31.4 Å². The molecule has 38 heavy (non-hydrogen) atoms. The molecule has 3 aromatic carbocycles. The lowest BCUT2D eigenvalue weighted by atomic mass is 9.89. The normalized spacial score (nSPS) is 17.4. The van der Waals surface area contributed by atoms with Gasteiger partial charge in [-0.25, -0.2) is 8.78 Å². The van der Waals surface area contributed by atoms with Crippen molar-refractivity contribution in [2.24, 2.45) is 0 Å². The molecule has 4 rings (SSSR count). The third-order valence-corrected chi connectivity index (χ3v) is 7.35. The minimum absolute atomic E-state index is 0.0262. The first-order valence-electron chi connectivity index (χ1n) is 13.8. The van der Waals surface area contributed by atoms with Gasteiger partial charge in [-0.3, -0.25) is 0 Å². The first-order valence-corrected chi connectivity index (χ1v) is 13.8. The van der Waals surface area contributed by atoms with Gasteiger partial charge in [0, 0.05) is 11.5 Å². The summed E-state index contributed by atoms with van der Waals surface area (Å²) in [7, 11) is 0. The molecule has 0 amide bonds. The van der Waals surface area contributed by atoms with Crippen LogP contribution >= 0.6 is 0 Å². The van der Waals surface area contributed by atoms with Crippen LogP contribution < -0.4 is 4.74 Å². The molecule has 0 bridgehead atoms. The van der Waals surface area contributed by atoms with Crippen molar-refractivity contribution in [3.8, 4) is 28.0 Å². The molecule has 2 nitrogen and oxygen atoms in total. The molecule has 1 aliphatic rings. The van der Waals surface area contributed by atoms with Crippen molar-refractivity contribution in [3.05, 3.63) is 90.3 Å². The second-order valence-corrected chi connectivity index (χ2v) is 10.1. The zero-order valence-electron chi connectivity index (χ0n) is 22.2. The molecule has 0 radical (unpaired) electrons. The van der Waals surface area contributed by atoms with Crippen molar-refractivity contribution in [2.75, 3.05) is 13.2 Å². The van der Waals surface area contributed by atoms with Crippen LogP contribution in [0.3, 0.4) is 0 Å². The van der Waals surface area contributed by atoms with Crippen LogP contribution in [-0.4, -0.2) is 19.3 Å². The summed E-state index contributed by atoms with van der Waals surface area (Å²) in [4.78, 5) is 0. The Morgan fingerprint density at radius 3 is 2.24 bits per heavy atom. The van der Waals surface area contributed by atoms with E-state index in [0.717, 1.165) is 43.2 Å². The quantitative estimate of drug-likeness (QED) is 0.174. The number of benzene rings is 3. The zero-order valence-corrected chi connectivity index (χ0v) is 22.2. The fourth-order valence-corrected chi connectivity index (χ4v) is 5.01. The molecule has 1 saturated heterocycles. The molecule has 2 atom stereocenters. The van der Waals surface area contributed by atoms with E-state index >= 15 is 0 Å². The van der Waals surface area contributed by atoms with E-state index in [0.29, 0.717) is 24.3 Å². The SMILES string of the molecule is C=CC1CCC(c2ccc(-c3ccc(-c4ccc(OCCCCCCCC)c(F)c4F)cc3)cc2F)CO1. The smallest absolute Gasteiger partial charge is 0.201 e. The number of hydrogen-bond donors (Lipinski definition) is 0. The van der Waals surface area contributed by atoms with Gasteiger partial charge in [-0.05, 0) is 59.7 Å². The Morgan fingerprint density at radius 2 is 1.55 bits per heavy atom. The summed E-state index contributed by atoms with van der Waals surface area (Å²) in [5, 5.41) is 0. The molecule has 3 aromatic rings. The number of unbranched alkanes of at least 4 members (excludes halogenated alkanes) is 5. The van der Waals surface area contributed by atoms with Crippen molar-refractivity contribution in [3.63, 3.8) is 0 Å². The lowest BCUT2D eigenvalue weighted by Gasteiger charge is -2.27. The highest BCUT2D eigenvalue weighted by Gasteiger charge is 2.23. The minimum Gasteiger partial charge on any atom is -0.490 e. The summed E-state index contributed by atoms with van der Waals surface area (Å²) in [6.07, 6.45) is 10.1. The lowest BCUT2D eigenvalue weighted by molar-refractivity contribution is 0.0321. The van der Waals surface area contributed by atoms with Gasteiger partial charge in [-0.15, -0.1) is 6.58 Å². The van der Waals surface area contributed by atoms with E-state index in [1.807, 2.05) is 12.1 Å². The third-order valence-electron chi connectivity index (χ3n) is 7.35. The summed E-state index contributed by atoms with van der Waals surface area (Å²) >= 11 is 0. The first kappa shape index (κ1) is 28.0. The van der Waals surface area contributed by atoms with Crippen molar-refractivity contribution in [1.29, 1.82) is 0 Å². The topological polar surface area (TPSA) is 18.5 Å². The van der Waals surface area contributed by atoms with Crippen LogP contribution in [0.1, 0.15) is 69.8 Å². The molecule has 0 spiro atoms. The standard InChI is InChI=1S/C33H37F3O2/c1-3-5-6-7-8-9-20-37-31-19-18-29(32(35)33(31)36)24-12-10-23(11-13-24)25-15-17-28(30(34)21-25)26-14-16-27(4-2)38-22-26/h4,10-13,15,17-19,21,26-27H,2-3,5-9,14,16,20,22H2,1H3. The second-order valence-electron chi connectivity index (χ2n) is 10.1. The highest BCUT2D eigenvalue weighted by Crippen LogP contribution is 2.34. The Hall–Kier alpha value is -3.05. The predicted molar refractivity (Wildman–Crippen MR) is 148 cm³/mol. The van der Waals surface area contributed by atoms with Crippen molar-refractivity contribution < 1.29 is 22.6 Å². The maximum Gasteiger partial charge on any atom is 0.201 e. The van der Waals surface area contributed by atoms with Gasteiger partial charge in [-0.2, -0.15) is 4.39 Å². The maximum atomic E-state index is 15.0. The van der Waals surface area contributed by atoms with Crippen LogP contribution in [0.4, 0.5) is 13.2 Å². The fourth-order valence-electron chi connectivity index (χ4n) is 5.01. The largest absolute Gasteiger partial charge is 0.490 e. The van der Waals surface area contributed by atoms with Crippen LogP contribution in [0.5, 0.6) is 5.75 Å². The van der Waals surface area contributed by atoms with Gasteiger partial charge in [0.2, 0.25) is 5.82 Å². The molecular formula is C33H37F3O2. The summed E-state index contributed by atoms with van der Waals surface area (Å²) in [5.41, 5.74) is 2.89. The molecule has 2 unspecified atom stereocenters. The predicted octanol–water partition coefficient (Wildman–Crippen LogP) is 9.63. The van der Waals surface area contributed by atoms with Crippen LogP contribution in [0.2, 0.25) is 0 Å². The molecular weight excluding hydrogens is 485 g/mol. The molecule has 5 heteroatoms. The van der Waals surface area contributed by atoms with Gasteiger partial charge in [0.05, 0.1) is 19.3 Å². The molecule has 1 aliphatic heterocycles. The third kappa shape index (κ3) is 6.87. The molecule has 0 N–H and O–H groups in total. The van der Waals surface area contributed by atoms with Gasteiger partial charge >= 0.3 is 0 Å². The summed E-state index contributed by atoms with van der Waals surface area (Å²) in [6.45, 7) is 6.78.